The Morgan fingerprint density at radius 1 is 1.03 bits per heavy atom. The number of halogens is 2. The highest BCUT2D eigenvalue weighted by Gasteiger charge is 2.26. The summed E-state index contributed by atoms with van der Waals surface area (Å²) in [6.45, 7) is 7.55. The molecule has 6 nitrogen and oxygen atoms in total. The molecular weight excluding hydrogens is 485 g/mol. The van der Waals surface area contributed by atoms with Crippen LogP contribution in [-0.4, -0.2) is 30.9 Å². The molecule has 1 aromatic carbocycles. The van der Waals surface area contributed by atoms with Gasteiger partial charge in [0.25, 0.3) is 5.91 Å². The molecule has 0 unspecified atom stereocenters. The zero-order valence-corrected chi connectivity index (χ0v) is 21.6. The lowest BCUT2D eigenvalue weighted by molar-refractivity contribution is 0.0527. The summed E-state index contributed by atoms with van der Waals surface area (Å²) in [5.41, 5.74) is 0.839. The van der Waals surface area contributed by atoms with Crippen molar-refractivity contribution < 1.29 is 23.9 Å². The van der Waals surface area contributed by atoms with Crippen LogP contribution in [-0.2, 0) is 4.74 Å². The van der Waals surface area contributed by atoms with Gasteiger partial charge in [0.1, 0.15) is 5.00 Å². The second-order valence-corrected chi connectivity index (χ2v) is 9.36. The molecule has 9 heteroatoms. The van der Waals surface area contributed by atoms with Crippen LogP contribution in [0.3, 0.4) is 0 Å². The van der Waals surface area contributed by atoms with Gasteiger partial charge in [-0.15, -0.1) is 11.3 Å². The van der Waals surface area contributed by atoms with Crippen LogP contribution in [0.2, 0.25) is 10.0 Å². The lowest BCUT2D eigenvalue weighted by Crippen LogP contribution is -2.15. The fourth-order valence-corrected chi connectivity index (χ4v) is 4.95. The maximum atomic E-state index is 12.9. The second-order valence-electron chi connectivity index (χ2n) is 7.52. The average Bonchev–Trinajstić information content (AvgIpc) is 3.08. The SMILES string of the molecule is CCCCCCCOc1c(Cl)cc(C(=O)Nc2sc(C(C)=O)c(C)c2C(=O)OCC)cc1Cl. The summed E-state index contributed by atoms with van der Waals surface area (Å²) < 4.78 is 10.8. The minimum absolute atomic E-state index is 0.167. The number of carbonyl (C=O) groups excluding carboxylic acids is 3. The summed E-state index contributed by atoms with van der Waals surface area (Å²) in [6.07, 6.45) is 5.48. The van der Waals surface area contributed by atoms with Crippen molar-refractivity contribution in [2.45, 2.75) is 59.8 Å². The van der Waals surface area contributed by atoms with Gasteiger partial charge >= 0.3 is 5.97 Å². The third kappa shape index (κ3) is 7.19. The molecule has 0 atom stereocenters. The Bertz CT molecular complexity index is 996. The molecule has 0 saturated carbocycles. The highest BCUT2D eigenvalue weighted by Crippen LogP contribution is 2.37. The highest BCUT2D eigenvalue weighted by molar-refractivity contribution is 7.18. The number of hydrogen-bond donors (Lipinski definition) is 1. The van der Waals surface area contributed by atoms with Crippen LogP contribution in [0.1, 0.15) is 88.8 Å². The molecule has 0 radical (unpaired) electrons. The maximum Gasteiger partial charge on any atom is 0.341 e. The number of ether oxygens (including phenoxy) is 2. The summed E-state index contributed by atoms with van der Waals surface area (Å²) >= 11 is 13.7. The molecule has 1 heterocycles. The van der Waals surface area contributed by atoms with Crippen LogP contribution in [0.15, 0.2) is 12.1 Å². The second kappa shape index (κ2) is 13.0. The molecule has 1 amide bonds. The summed E-state index contributed by atoms with van der Waals surface area (Å²) in [6, 6.07) is 2.93. The molecule has 180 valence electrons. The van der Waals surface area contributed by atoms with E-state index >= 15 is 0 Å². The lowest BCUT2D eigenvalue weighted by atomic mass is 10.1. The monoisotopic (exact) mass is 513 g/mol. The number of amides is 1. The van der Waals surface area contributed by atoms with Gasteiger partial charge in [-0.25, -0.2) is 4.79 Å². The Hall–Kier alpha value is -2.09. The summed E-state index contributed by atoms with van der Waals surface area (Å²) in [5.74, 6) is -0.992. The molecule has 0 aliphatic rings. The number of carbonyl (C=O) groups is 3. The van der Waals surface area contributed by atoms with Gasteiger partial charge in [-0.3, -0.25) is 9.59 Å². The van der Waals surface area contributed by atoms with Gasteiger partial charge in [-0.05, 0) is 44.9 Å². The fourth-order valence-electron chi connectivity index (χ4n) is 3.27. The Labute approximate surface area is 208 Å². The summed E-state index contributed by atoms with van der Waals surface area (Å²) in [4.78, 5) is 37.7. The van der Waals surface area contributed by atoms with Crippen molar-refractivity contribution in [1.29, 1.82) is 0 Å². The van der Waals surface area contributed by atoms with E-state index in [1.165, 1.54) is 31.9 Å². The number of unbranched alkanes of at least 4 members (excludes halogenated alkanes) is 4. The van der Waals surface area contributed by atoms with Gasteiger partial charge in [0.05, 0.1) is 33.7 Å². The molecule has 2 aromatic rings. The smallest absolute Gasteiger partial charge is 0.341 e. The predicted octanol–water partition coefficient (Wildman–Crippen LogP) is 7.34. The molecule has 0 spiro atoms. The van der Waals surface area contributed by atoms with Crippen molar-refractivity contribution in [3.63, 3.8) is 0 Å². The first-order chi connectivity index (χ1) is 15.7. The molecule has 2 rings (SSSR count). The van der Waals surface area contributed by atoms with E-state index in [1.807, 2.05) is 0 Å². The first-order valence-electron chi connectivity index (χ1n) is 11.0. The highest BCUT2D eigenvalue weighted by atomic mass is 35.5. The number of nitrogens with one attached hydrogen (secondary N) is 1. The first kappa shape index (κ1) is 27.2. The van der Waals surface area contributed by atoms with Crippen LogP contribution in [0, 0.1) is 6.92 Å². The Morgan fingerprint density at radius 3 is 2.24 bits per heavy atom. The van der Waals surface area contributed by atoms with E-state index in [4.69, 9.17) is 32.7 Å². The van der Waals surface area contributed by atoms with E-state index < -0.39 is 11.9 Å². The molecule has 0 aliphatic heterocycles. The average molecular weight is 514 g/mol. The maximum absolute atomic E-state index is 12.9. The quantitative estimate of drug-likeness (QED) is 0.182. The number of Topliss-reactive ketones (excluding diaryl/α,β-unsaturated/α-hetero) is 1. The van der Waals surface area contributed by atoms with Crippen molar-refractivity contribution in [2.24, 2.45) is 0 Å². The number of esters is 1. The third-order valence-electron chi connectivity index (χ3n) is 4.93. The number of anilines is 1. The molecule has 33 heavy (non-hydrogen) atoms. The Balaban J connectivity index is 2.19. The summed E-state index contributed by atoms with van der Waals surface area (Å²) in [5, 5.41) is 3.38. The number of hydrogen-bond acceptors (Lipinski definition) is 6. The van der Waals surface area contributed by atoms with E-state index in [0.29, 0.717) is 22.8 Å². The lowest BCUT2D eigenvalue weighted by Gasteiger charge is -2.12. The van der Waals surface area contributed by atoms with Gasteiger partial charge in [0.2, 0.25) is 0 Å². The molecule has 1 aromatic heterocycles. The van der Waals surface area contributed by atoms with Crippen LogP contribution in [0.5, 0.6) is 5.75 Å². The predicted molar refractivity (Wildman–Crippen MR) is 134 cm³/mol. The molecular formula is C24H29Cl2NO5S. The minimum atomic E-state index is -0.604. The van der Waals surface area contributed by atoms with Gasteiger partial charge in [0.15, 0.2) is 11.5 Å². The van der Waals surface area contributed by atoms with Crippen LogP contribution in [0.25, 0.3) is 0 Å². The van der Waals surface area contributed by atoms with Crippen molar-refractivity contribution in [3.8, 4) is 5.75 Å². The number of ketones is 1. The number of rotatable bonds is 12. The molecule has 0 fully saturated rings. The van der Waals surface area contributed by atoms with Gasteiger partial charge in [-0.1, -0.05) is 55.8 Å². The fraction of sp³-hybridized carbons (Fsp3) is 0.458. The number of thiophene rings is 1. The van der Waals surface area contributed by atoms with E-state index in [2.05, 4.69) is 12.2 Å². The molecule has 0 aliphatic carbocycles. The first-order valence-corrected chi connectivity index (χ1v) is 12.5. The van der Waals surface area contributed by atoms with Crippen LogP contribution < -0.4 is 10.1 Å². The van der Waals surface area contributed by atoms with Gasteiger partial charge in [0, 0.05) is 5.56 Å². The zero-order valence-electron chi connectivity index (χ0n) is 19.3. The van der Waals surface area contributed by atoms with Gasteiger partial charge in [-0.2, -0.15) is 0 Å². The van der Waals surface area contributed by atoms with Crippen molar-refractivity contribution >= 4 is 57.2 Å². The van der Waals surface area contributed by atoms with E-state index in [1.54, 1.807) is 13.8 Å². The van der Waals surface area contributed by atoms with E-state index in [-0.39, 0.29) is 38.6 Å². The van der Waals surface area contributed by atoms with Gasteiger partial charge < -0.3 is 14.8 Å². The largest absolute Gasteiger partial charge is 0.490 e. The van der Waals surface area contributed by atoms with Crippen molar-refractivity contribution in [1.82, 2.24) is 0 Å². The van der Waals surface area contributed by atoms with Crippen LogP contribution >= 0.6 is 34.5 Å². The topological polar surface area (TPSA) is 81.7 Å². The van der Waals surface area contributed by atoms with Crippen LogP contribution in [0.4, 0.5) is 5.00 Å². The minimum Gasteiger partial charge on any atom is -0.490 e. The Kier molecular flexibility index (Phi) is 10.7. The Morgan fingerprint density at radius 2 is 1.67 bits per heavy atom. The van der Waals surface area contributed by atoms with E-state index in [9.17, 15) is 14.4 Å². The molecule has 0 saturated heterocycles. The molecule has 1 N–H and O–H groups in total. The van der Waals surface area contributed by atoms with E-state index in [0.717, 1.165) is 30.6 Å². The number of benzene rings is 1. The molecule has 0 bridgehead atoms. The van der Waals surface area contributed by atoms with Crippen molar-refractivity contribution in [3.05, 3.63) is 43.7 Å². The van der Waals surface area contributed by atoms with Crippen molar-refractivity contribution in [2.75, 3.05) is 18.5 Å². The summed E-state index contributed by atoms with van der Waals surface area (Å²) in [7, 11) is 0. The normalized spacial score (nSPS) is 10.7. The zero-order chi connectivity index (χ0) is 24.5. The standard InChI is InChI=1S/C24H29Cl2NO5S/c1-5-7-8-9-10-11-32-20-17(25)12-16(13-18(20)26)22(29)27-23-19(24(30)31-6-2)14(3)21(33-23)15(4)28/h12-13H,5-11H2,1-4H3,(H,27,29). The third-order valence-corrected chi connectivity index (χ3v) is 6.80.